The Hall–Kier alpha value is -2.22. The van der Waals surface area contributed by atoms with Crippen LogP contribution in [0.5, 0.6) is 0 Å². The molecule has 0 aliphatic rings. The highest BCUT2D eigenvalue weighted by molar-refractivity contribution is 7.17. The minimum absolute atomic E-state index is 0.0408. The molecule has 0 N–H and O–H groups in total. The lowest BCUT2D eigenvalue weighted by Crippen LogP contribution is -2.07. The van der Waals surface area contributed by atoms with Crippen molar-refractivity contribution in [3.63, 3.8) is 0 Å². The number of hydrogen-bond donors (Lipinski definition) is 0. The predicted octanol–water partition coefficient (Wildman–Crippen LogP) is 3.22. The van der Waals surface area contributed by atoms with Gasteiger partial charge in [-0.2, -0.15) is 0 Å². The van der Waals surface area contributed by atoms with Gasteiger partial charge < -0.3 is 4.74 Å². The van der Waals surface area contributed by atoms with E-state index >= 15 is 0 Å². The fourth-order valence-corrected chi connectivity index (χ4v) is 2.57. The fraction of sp³-hybridized carbons (Fsp3) is 0.154. The molecule has 0 spiro atoms. The van der Waals surface area contributed by atoms with Gasteiger partial charge in [-0.15, -0.1) is 11.3 Å². The number of benzene rings is 1. The number of halogens is 3. The highest BCUT2D eigenvalue weighted by Gasteiger charge is 2.25. The average molecular weight is 315 g/mol. The molecule has 0 bridgehead atoms. The van der Waals surface area contributed by atoms with Crippen molar-refractivity contribution in [2.45, 2.75) is 6.92 Å². The number of hydrogen-bond acceptors (Lipinski definition) is 5. The number of aromatic nitrogens is 1. The lowest BCUT2D eigenvalue weighted by molar-refractivity contribution is 0.0591. The number of rotatable bonds is 3. The number of nitrogens with zero attached hydrogens (tertiary/aromatic N) is 1. The zero-order chi connectivity index (χ0) is 15.7. The van der Waals surface area contributed by atoms with Gasteiger partial charge in [0.2, 0.25) is 0 Å². The molecule has 0 aliphatic heterocycles. The van der Waals surface area contributed by atoms with Gasteiger partial charge >= 0.3 is 5.97 Å². The summed E-state index contributed by atoms with van der Waals surface area (Å²) >= 11 is 0.703. The van der Waals surface area contributed by atoms with E-state index in [0.29, 0.717) is 11.3 Å². The Labute approximate surface area is 121 Å². The van der Waals surface area contributed by atoms with Crippen molar-refractivity contribution in [1.29, 1.82) is 0 Å². The molecular formula is C13H8F3NO3S. The summed E-state index contributed by atoms with van der Waals surface area (Å²) in [6.45, 7) is 1.20. The monoisotopic (exact) mass is 315 g/mol. The molecule has 2 rings (SSSR count). The van der Waals surface area contributed by atoms with Gasteiger partial charge in [-0.1, -0.05) is 0 Å². The van der Waals surface area contributed by atoms with Crippen LogP contribution < -0.4 is 0 Å². The second-order valence-electron chi connectivity index (χ2n) is 3.97. The highest BCUT2D eigenvalue weighted by atomic mass is 32.1. The number of ether oxygens (including phenoxy) is 1. The van der Waals surface area contributed by atoms with Crippen molar-refractivity contribution in [1.82, 2.24) is 4.98 Å². The lowest BCUT2D eigenvalue weighted by atomic mass is 10.2. The van der Waals surface area contributed by atoms with Gasteiger partial charge in [0.1, 0.15) is 9.88 Å². The molecule has 0 amide bonds. The number of Topliss-reactive ketones (excluding diaryl/α,β-unsaturated/α-hetero) is 1. The van der Waals surface area contributed by atoms with Gasteiger partial charge in [0.25, 0.3) is 0 Å². The molecular weight excluding hydrogens is 307 g/mol. The topological polar surface area (TPSA) is 56.3 Å². The van der Waals surface area contributed by atoms with E-state index in [0.717, 1.165) is 19.2 Å². The molecule has 4 nitrogen and oxygen atoms in total. The second-order valence-corrected chi connectivity index (χ2v) is 4.97. The van der Waals surface area contributed by atoms with E-state index in [1.165, 1.54) is 6.92 Å². The standard InChI is InChI=1S/C13H8F3NO3S/c1-5(18)11-10(13(19)20-2)17-12(21-11)6-3-4-7(14)9(16)8(6)15/h3-4H,1-2H3. The summed E-state index contributed by atoms with van der Waals surface area (Å²) in [5.74, 6) is -5.76. The van der Waals surface area contributed by atoms with Crippen LogP contribution in [-0.4, -0.2) is 23.8 Å². The lowest BCUT2D eigenvalue weighted by Gasteiger charge is -2.00. The van der Waals surface area contributed by atoms with Gasteiger partial charge in [-0.05, 0) is 12.1 Å². The van der Waals surface area contributed by atoms with E-state index in [9.17, 15) is 22.8 Å². The number of carbonyl (C=O) groups excluding carboxylic acids is 2. The molecule has 0 saturated carbocycles. The summed E-state index contributed by atoms with van der Waals surface area (Å²) in [6, 6.07) is 1.72. The summed E-state index contributed by atoms with van der Waals surface area (Å²) in [6.07, 6.45) is 0. The van der Waals surface area contributed by atoms with E-state index in [1.807, 2.05) is 0 Å². The minimum atomic E-state index is -1.65. The number of thiazole rings is 1. The third-order valence-corrected chi connectivity index (χ3v) is 3.78. The van der Waals surface area contributed by atoms with E-state index < -0.39 is 29.2 Å². The molecule has 1 aromatic carbocycles. The van der Waals surface area contributed by atoms with Crippen LogP contribution in [0.1, 0.15) is 27.1 Å². The Kier molecular flexibility index (Phi) is 4.08. The van der Waals surface area contributed by atoms with Crippen LogP contribution >= 0.6 is 11.3 Å². The number of methoxy groups -OCH3 is 1. The van der Waals surface area contributed by atoms with Crippen LogP contribution in [0.3, 0.4) is 0 Å². The Morgan fingerprint density at radius 1 is 1.19 bits per heavy atom. The molecule has 0 atom stereocenters. The van der Waals surface area contributed by atoms with Crippen molar-refractivity contribution in [2.75, 3.05) is 7.11 Å². The van der Waals surface area contributed by atoms with Crippen LogP contribution in [-0.2, 0) is 4.74 Å². The summed E-state index contributed by atoms with van der Waals surface area (Å²) < 4.78 is 44.3. The SMILES string of the molecule is COC(=O)c1nc(-c2ccc(F)c(F)c2F)sc1C(C)=O. The van der Waals surface area contributed by atoms with Crippen molar-refractivity contribution < 1.29 is 27.5 Å². The highest BCUT2D eigenvalue weighted by Crippen LogP contribution is 2.32. The molecule has 1 heterocycles. The summed E-state index contributed by atoms with van der Waals surface area (Å²) in [4.78, 5) is 26.8. The van der Waals surface area contributed by atoms with Crippen molar-refractivity contribution in [3.05, 3.63) is 40.2 Å². The smallest absolute Gasteiger partial charge is 0.358 e. The molecule has 0 radical (unpaired) electrons. The molecule has 110 valence electrons. The zero-order valence-electron chi connectivity index (χ0n) is 10.9. The molecule has 0 unspecified atom stereocenters. The van der Waals surface area contributed by atoms with Crippen LogP contribution in [0.4, 0.5) is 13.2 Å². The second kappa shape index (κ2) is 5.65. The molecule has 2 aromatic rings. The maximum Gasteiger partial charge on any atom is 0.358 e. The first-order chi connectivity index (χ1) is 9.86. The zero-order valence-corrected chi connectivity index (χ0v) is 11.7. The summed E-state index contributed by atoms with van der Waals surface area (Å²) in [7, 11) is 1.10. The van der Waals surface area contributed by atoms with Crippen LogP contribution in [0.25, 0.3) is 10.6 Å². The first-order valence-electron chi connectivity index (χ1n) is 5.60. The normalized spacial score (nSPS) is 10.5. The quantitative estimate of drug-likeness (QED) is 0.496. The van der Waals surface area contributed by atoms with Gasteiger partial charge in [0, 0.05) is 12.5 Å². The largest absolute Gasteiger partial charge is 0.464 e. The van der Waals surface area contributed by atoms with Crippen molar-refractivity contribution >= 4 is 23.1 Å². The Bertz CT molecular complexity index is 743. The maximum absolute atomic E-state index is 13.7. The van der Waals surface area contributed by atoms with Crippen LogP contribution in [0.15, 0.2) is 12.1 Å². The third kappa shape index (κ3) is 2.66. The Morgan fingerprint density at radius 3 is 2.43 bits per heavy atom. The molecule has 0 saturated heterocycles. The van der Waals surface area contributed by atoms with Gasteiger partial charge in [-0.3, -0.25) is 4.79 Å². The molecule has 21 heavy (non-hydrogen) atoms. The average Bonchev–Trinajstić information content (AvgIpc) is 2.89. The predicted molar refractivity (Wildman–Crippen MR) is 68.8 cm³/mol. The van der Waals surface area contributed by atoms with E-state index in [-0.39, 0.29) is 21.1 Å². The fourth-order valence-electron chi connectivity index (χ4n) is 1.60. The van der Waals surface area contributed by atoms with Crippen molar-refractivity contribution in [3.8, 4) is 10.6 Å². The van der Waals surface area contributed by atoms with Gasteiger partial charge in [-0.25, -0.2) is 22.9 Å². The number of esters is 1. The van der Waals surface area contributed by atoms with Gasteiger partial charge in [0.05, 0.1) is 7.11 Å². The molecule has 0 aliphatic carbocycles. The van der Waals surface area contributed by atoms with Crippen LogP contribution in [0, 0.1) is 17.5 Å². The summed E-state index contributed by atoms with van der Waals surface area (Å²) in [5.41, 5.74) is -0.620. The summed E-state index contributed by atoms with van der Waals surface area (Å²) in [5, 5.41) is -0.114. The third-order valence-electron chi connectivity index (χ3n) is 2.59. The van der Waals surface area contributed by atoms with E-state index in [4.69, 9.17) is 0 Å². The van der Waals surface area contributed by atoms with E-state index in [1.54, 1.807) is 0 Å². The first-order valence-corrected chi connectivity index (χ1v) is 6.42. The van der Waals surface area contributed by atoms with Crippen molar-refractivity contribution in [2.24, 2.45) is 0 Å². The minimum Gasteiger partial charge on any atom is -0.464 e. The van der Waals surface area contributed by atoms with Crippen LogP contribution in [0.2, 0.25) is 0 Å². The number of carbonyl (C=O) groups is 2. The molecule has 0 fully saturated rings. The first kappa shape index (κ1) is 15.2. The number of ketones is 1. The Morgan fingerprint density at radius 2 is 1.86 bits per heavy atom. The molecule has 8 heteroatoms. The Balaban J connectivity index is 2.64. The van der Waals surface area contributed by atoms with Gasteiger partial charge in [0.15, 0.2) is 28.9 Å². The molecule has 1 aromatic heterocycles. The maximum atomic E-state index is 13.7. The van der Waals surface area contributed by atoms with E-state index in [2.05, 4.69) is 9.72 Å².